The van der Waals surface area contributed by atoms with Crippen LogP contribution in [-0.2, 0) is 19.4 Å². The molecule has 0 saturated carbocycles. The molecule has 0 amide bonds. The molecule has 11 heteroatoms. The first kappa shape index (κ1) is 19.7. The second-order valence-corrected chi connectivity index (χ2v) is 3.98. The Hall–Kier alpha value is 0.380. The van der Waals surface area contributed by atoms with Crippen LogP contribution in [0.1, 0.15) is 0 Å². The Bertz CT molecular complexity index is 317. The van der Waals surface area contributed by atoms with Crippen molar-refractivity contribution in [3.8, 4) is 0 Å². The van der Waals surface area contributed by atoms with E-state index in [0.29, 0.717) is 0 Å². The smallest absolute Gasteiger partial charge is 0.388 e. The van der Waals surface area contributed by atoms with Gasteiger partial charge in [0.2, 0.25) is 0 Å². The van der Waals surface area contributed by atoms with Gasteiger partial charge in [-0.3, -0.25) is 4.55 Å². The number of aliphatic hydroxyl groups excluding tert-OH is 4. The largest absolute Gasteiger partial charge is 0.397 e. The maximum Gasteiger partial charge on any atom is 0.397 e. The fourth-order valence-electron chi connectivity index (χ4n) is 0.764. The summed E-state index contributed by atoms with van der Waals surface area (Å²) in [6, 6.07) is 0. The first-order valence-electron chi connectivity index (χ1n) is 3.98. The minimum absolute atomic E-state index is 0. The molecule has 0 spiro atoms. The van der Waals surface area contributed by atoms with Gasteiger partial charge in [0, 0.05) is 29.6 Å². The summed E-state index contributed by atoms with van der Waals surface area (Å²) in [6.07, 6.45) is -7.94. The minimum Gasteiger partial charge on any atom is -0.388 e. The molecular weight excluding hydrogens is 271 g/mol. The van der Waals surface area contributed by atoms with Gasteiger partial charge >= 0.3 is 10.4 Å². The number of rotatable bonds is 7. The molecule has 5 N–H and O–H groups in total. The van der Waals surface area contributed by atoms with Crippen molar-refractivity contribution >= 4 is 46.2 Å². The van der Waals surface area contributed by atoms with E-state index in [4.69, 9.17) is 25.0 Å². The third-order valence-corrected chi connectivity index (χ3v) is 2.06. The molecule has 0 aromatic rings. The van der Waals surface area contributed by atoms with E-state index in [1.807, 2.05) is 0 Å². The Balaban J connectivity index is 0. The van der Waals surface area contributed by atoms with Gasteiger partial charge in [-0.05, 0) is 0 Å². The van der Waals surface area contributed by atoms with Crippen LogP contribution in [0.25, 0.3) is 0 Å². The van der Waals surface area contributed by atoms with Crippen molar-refractivity contribution in [3.05, 3.63) is 0 Å². The molecule has 0 aliphatic carbocycles. The van der Waals surface area contributed by atoms with E-state index in [9.17, 15) is 13.2 Å². The van der Waals surface area contributed by atoms with Gasteiger partial charge < -0.3 is 25.2 Å². The molecule has 97 valence electrons. The first-order valence-corrected chi connectivity index (χ1v) is 5.35. The van der Waals surface area contributed by atoms with Gasteiger partial charge in [0.1, 0.15) is 24.4 Å². The average Bonchev–Trinajstić information content (AvgIpc) is 2.21. The Morgan fingerprint density at radius 2 is 1.59 bits per heavy atom. The number of hydrogen-bond donors (Lipinski definition) is 5. The predicted octanol–water partition coefficient (Wildman–Crippen LogP) is -3.93. The predicted molar refractivity (Wildman–Crippen MR) is 53.3 cm³/mol. The van der Waals surface area contributed by atoms with Gasteiger partial charge in [-0.2, -0.15) is 8.42 Å². The van der Waals surface area contributed by atoms with Crippen LogP contribution in [0, 0.1) is 0 Å². The molecule has 17 heavy (non-hydrogen) atoms. The number of aliphatic hydroxyl groups is 4. The van der Waals surface area contributed by atoms with Crippen LogP contribution in [0.15, 0.2) is 0 Å². The topological polar surface area (TPSA) is 162 Å². The Kier molecular flexibility index (Phi) is 9.83. The monoisotopic (exact) mass is 283 g/mol. The molecule has 0 aliphatic heterocycles. The molecule has 0 rings (SSSR count). The molecule has 0 aromatic carbocycles. The van der Waals surface area contributed by atoms with E-state index in [0.717, 1.165) is 0 Å². The molecule has 0 saturated heterocycles. The first-order chi connectivity index (χ1) is 7.19. The quantitative estimate of drug-likeness (QED) is 0.178. The molecule has 0 aliphatic rings. The summed E-state index contributed by atoms with van der Waals surface area (Å²) in [6.45, 7) is -1.04. The molecule has 4 unspecified atom stereocenters. The third-order valence-electron chi connectivity index (χ3n) is 1.62. The number of aldehydes is 1. The summed E-state index contributed by atoms with van der Waals surface area (Å²) < 4.78 is 32.0. The van der Waals surface area contributed by atoms with Gasteiger partial charge in [0.25, 0.3) is 0 Å². The summed E-state index contributed by atoms with van der Waals surface area (Å²) in [5.41, 5.74) is 0. The summed E-state index contributed by atoms with van der Waals surface area (Å²) in [4.78, 5) is 10.0. The van der Waals surface area contributed by atoms with Crippen molar-refractivity contribution in [1.82, 2.24) is 0 Å². The molecule has 0 fully saturated rings. The Labute approximate surface area is 119 Å². The second-order valence-electron chi connectivity index (χ2n) is 2.89. The minimum atomic E-state index is -4.79. The molecule has 9 nitrogen and oxygen atoms in total. The molecule has 0 bridgehead atoms. The molecular formula is C6H12NaO9S. The summed E-state index contributed by atoms with van der Waals surface area (Å²) in [5.74, 6) is 0. The summed E-state index contributed by atoms with van der Waals surface area (Å²) in [5, 5.41) is 36.0. The third kappa shape index (κ3) is 8.15. The normalized spacial score (nSPS) is 18.6. The zero-order valence-corrected chi connectivity index (χ0v) is 11.7. The zero-order valence-electron chi connectivity index (χ0n) is 8.87. The van der Waals surface area contributed by atoms with Crippen molar-refractivity contribution < 1.29 is 42.4 Å². The van der Waals surface area contributed by atoms with Crippen LogP contribution < -0.4 is 0 Å². The van der Waals surface area contributed by atoms with Crippen LogP contribution in [0.3, 0.4) is 0 Å². The van der Waals surface area contributed by atoms with E-state index in [-0.39, 0.29) is 35.8 Å². The second kappa shape index (κ2) is 8.48. The van der Waals surface area contributed by atoms with E-state index >= 15 is 0 Å². The van der Waals surface area contributed by atoms with Gasteiger partial charge in [0.05, 0.1) is 6.61 Å². The van der Waals surface area contributed by atoms with E-state index in [1.165, 1.54) is 0 Å². The van der Waals surface area contributed by atoms with E-state index < -0.39 is 41.4 Å². The molecule has 4 atom stereocenters. The van der Waals surface area contributed by atoms with Crippen molar-refractivity contribution in [2.24, 2.45) is 0 Å². The summed E-state index contributed by atoms with van der Waals surface area (Å²) >= 11 is 0. The Morgan fingerprint density at radius 1 is 1.12 bits per heavy atom. The van der Waals surface area contributed by atoms with E-state index in [1.54, 1.807) is 0 Å². The fraction of sp³-hybridized carbons (Fsp3) is 0.833. The molecule has 0 aromatic heterocycles. The van der Waals surface area contributed by atoms with Gasteiger partial charge in [0.15, 0.2) is 6.29 Å². The zero-order chi connectivity index (χ0) is 12.9. The standard InChI is InChI=1S/C6H12O9S.Na/c7-1-3(8)5(10)6(11)4(9)2-15-16(12,13)14;/h1,3-6,8-11H,2H2,(H,12,13,14);. The maximum absolute atomic E-state index is 10.1. The van der Waals surface area contributed by atoms with Crippen LogP contribution in [-0.4, -0.2) is 100 Å². The number of carbonyl (C=O) groups excluding carboxylic acids is 1. The molecule has 1 radical (unpaired) electrons. The average molecular weight is 283 g/mol. The maximum atomic E-state index is 10.1. The van der Waals surface area contributed by atoms with Crippen LogP contribution in [0.2, 0.25) is 0 Å². The Morgan fingerprint density at radius 3 is 1.94 bits per heavy atom. The number of hydrogen-bond acceptors (Lipinski definition) is 8. The van der Waals surface area contributed by atoms with E-state index in [2.05, 4.69) is 4.18 Å². The van der Waals surface area contributed by atoms with Crippen LogP contribution in [0.5, 0.6) is 0 Å². The van der Waals surface area contributed by atoms with Crippen molar-refractivity contribution in [3.63, 3.8) is 0 Å². The van der Waals surface area contributed by atoms with Crippen LogP contribution in [0.4, 0.5) is 0 Å². The van der Waals surface area contributed by atoms with Gasteiger partial charge in [-0.25, -0.2) is 4.18 Å². The fourth-order valence-corrected chi connectivity index (χ4v) is 1.08. The number of carbonyl (C=O) groups is 1. The molecule has 0 heterocycles. The van der Waals surface area contributed by atoms with Crippen molar-refractivity contribution in [2.75, 3.05) is 6.61 Å². The van der Waals surface area contributed by atoms with Crippen LogP contribution >= 0.6 is 0 Å². The van der Waals surface area contributed by atoms with Gasteiger partial charge in [-0.1, -0.05) is 0 Å². The summed E-state index contributed by atoms with van der Waals surface area (Å²) in [7, 11) is -4.79. The SMILES string of the molecule is O=CC(O)C(O)C(O)C(O)COS(=O)(=O)O.[Na]. The van der Waals surface area contributed by atoms with Crippen molar-refractivity contribution in [2.45, 2.75) is 24.4 Å². The van der Waals surface area contributed by atoms with Gasteiger partial charge in [-0.15, -0.1) is 0 Å². The van der Waals surface area contributed by atoms with Crippen molar-refractivity contribution in [1.29, 1.82) is 0 Å².